The summed E-state index contributed by atoms with van der Waals surface area (Å²) in [6.07, 6.45) is 0.761. The molecule has 0 aliphatic carbocycles. The molecule has 4 nitrogen and oxygen atoms in total. The maximum absolute atomic E-state index is 12.8. The summed E-state index contributed by atoms with van der Waals surface area (Å²) in [5, 5.41) is 1.81. The SMILES string of the molecule is C=C(Br)CSc1nc2cc(Cl)ccc2c(=O)n1CCCOCC. The van der Waals surface area contributed by atoms with Gasteiger partial charge in [-0.15, -0.1) is 0 Å². The zero-order chi connectivity index (χ0) is 16.8. The van der Waals surface area contributed by atoms with Gasteiger partial charge in [0, 0.05) is 30.5 Å². The smallest absolute Gasteiger partial charge is 0.262 e. The summed E-state index contributed by atoms with van der Waals surface area (Å²) in [6, 6.07) is 5.16. The molecule has 1 aromatic carbocycles. The lowest BCUT2D eigenvalue weighted by Crippen LogP contribution is -2.24. The van der Waals surface area contributed by atoms with E-state index in [9.17, 15) is 4.79 Å². The fourth-order valence-electron chi connectivity index (χ4n) is 2.09. The standard InChI is InChI=1S/C16H18BrClN2O2S/c1-3-22-8-4-7-20-15(21)13-6-5-12(18)9-14(13)19-16(20)23-10-11(2)17/h5-6,9H,2-4,7-8,10H2,1H3. The highest BCUT2D eigenvalue weighted by molar-refractivity contribution is 9.11. The molecule has 7 heteroatoms. The van der Waals surface area contributed by atoms with Gasteiger partial charge in [-0.05, 0) is 36.0 Å². The van der Waals surface area contributed by atoms with Crippen LogP contribution in [0.3, 0.4) is 0 Å². The topological polar surface area (TPSA) is 44.1 Å². The van der Waals surface area contributed by atoms with Crippen LogP contribution < -0.4 is 5.56 Å². The predicted octanol–water partition coefficient (Wildman–Crippen LogP) is 4.48. The van der Waals surface area contributed by atoms with Crippen LogP contribution in [0, 0.1) is 0 Å². The number of fused-ring (bicyclic) bond motifs is 1. The van der Waals surface area contributed by atoms with Crippen molar-refractivity contribution in [1.82, 2.24) is 9.55 Å². The second-order valence-corrected chi connectivity index (χ2v) is 7.37. The molecule has 2 aromatic rings. The first-order chi connectivity index (χ1) is 11.0. The van der Waals surface area contributed by atoms with Gasteiger partial charge in [0.1, 0.15) is 0 Å². The van der Waals surface area contributed by atoms with Crippen molar-refractivity contribution in [3.63, 3.8) is 0 Å². The lowest BCUT2D eigenvalue weighted by molar-refractivity contribution is 0.140. The molecule has 1 aromatic heterocycles. The molecule has 0 saturated heterocycles. The summed E-state index contributed by atoms with van der Waals surface area (Å²) in [4.78, 5) is 17.4. The summed E-state index contributed by atoms with van der Waals surface area (Å²) in [6.45, 7) is 7.65. The van der Waals surface area contributed by atoms with Gasteiger partial charge in [0.15, 0.2) is 5.16 Å². The van der Waals surface area contributed by atoms with Crippen LogP contribution in [0.25, 0.3) is 10.9 Å². The number of aromatic nitrogens is 2. The van der Waals surface area contributed by atoms with Crippen molar-refractivity contribution < 1.29 is 4.74 Å². The van der Waals surface area contributed by atoms with E-state index in [0.717, 1.165) is 10.9 Å². The number of rotatable bonds is 8. The molecule has 0 unspecified atom stereocenters. The summed E-state index contributed by atoms with van der Waals surface area (Å²) < 4.78 is 7.91. The largest absolute Gasteiger partial charge is 0.382 e. The molecule has 0 amide bonds. The fourth-order valence-corrected chi connectivity index (χ4v) is 3.38. The molecule has 124 valence electrons. The summed E-state index contributed by atoms with van der Waals surface area (Å²) in [5.41, 5.74) is 0.567. The third-order valence-corrected chi connectivity index (χ3v) is 5.06. The lowest BCUT2D eigenvalue weighted by atomic mass is 10.2. The number of hydrogen-bond donors (Lipinski definition) is 0. The molecule has 0 aliphatic rings. The van der Waals surface area contributed by atoms with Crippen LogP contribution in [0.5, 0.6) is 0 Å². The third-order valence-electron chi connectivity index (χ3n) is 3.11. The normalized spacial score (nSPS) is 11.1. The quantitative estimate of drug-likeness (QED) is 0.361. The Morgan fingerprint density at radius 2 is 2.30 bits per heavy atom. The highest BCUT2D eigenvalue weighted by atomic mass is 79.9. The molecule has 23 heavy (non-hydrogen) atoms. The Morgan fingerprint density at radius 1 is 1.52 bits per heavy atom. The van der Waals surface area contributed by atoms with Crippen molar-refractivity contribution in [3.8, 4) is 0 Å². The van der Waals surface area contributed by atoms with Gasteiger partial charge < -0.3 is 4.74 Å². The Bertz CT molecular complexity index is 764. The van der Waals surface area contributed by atoms with Gasteiger partial charge in [0.05, 0.1) is 10.9 Å². The molecule has 1 heterocycles. The molecule has 2 rings (SSSR count). The minimum absolute atomic E-state index is 0.0501. The van der Waals surface area contributed by atoms with E-state index < -0.39 is 0 Å². The third kappa shape index (κ3) is 5.08. The van der Waals surface area contributed by atoms with E-state index in [-0.39, 0.29) is 5.56 Å². The van der Waals surface area contributed by atoms with Crippen molar-refractivity contribution in [3.05, 3.63) is 44.6 Å². The zero-order valence-corrected chi connectivity index (χ0v) is 16.0. The molecular weight excluding hydrogens is 400 g/mol. The summed E-state index contributed by atoms with van der Waals surface area (Å²) >= 11 is 10.8. The van der Waals surface area contributed by atoms with Crippen LogP contribution in [-0.2, 0) is 11.3 Å². The van der Waals surface area contributed by atoms with Gasteiger partial charge in [-0.3, -0.25) is 9.36 Å². The molecule has 0 aliphatic heterocycles. The van der Waals surface area contributed by atoms with Crippen molar-refractivity contribution in [1.29, 1.82) is 0 Å². The average molecular weight is 418 g/mol. The van der Waals surface area contributed by atoms with Gasteiger partial charge in [-0.1, -0.05) is 45.9 Å². The van der Waals surface area contributed by atoms with Crippen LogP contribution in [0.4, 0.5) is 0 Å². The Balaban J connectivity index is 2.40. The number of hydrogen-bond acceptors (Lipinski definition) is 4. The molecule has 0 bridgehead atoms. The monoisotopic (exact) mass is 416 g/mol. The molecule has 0 spiro atoms. The molecule has 0 fully saturated rings. The first kappa shape index (κ1) is 18.5. The van der Waals surface area contributed by atoms with Crippen LogP contribution >= 0.6 is 39.3 Å². The highest BCUT2D eigenvalue weighted by Gasteiger charge is 2.12. The minimum Gasteiger partial charge on any atom is -0.382 e. The Kier molecular flexibility index (Phi) is 7.14. The number of ether oxygens (including phenoxy) is 1. The van der Waals surface area contributed by atoms with E-state index in [0.29, 0.717) is 46.6 Å². The van der Waals surface area contributed by atoms with E-state index >= 15 is 0 Å². The number of benzene rings is 1. The van der Waals surface area contributed by atoms with Crippen molar-refractivity contribution in [2.24, 2.45) is 0 Å². The van der Waals surface area contributed by atoms with Crippen LogP contribution in [-0.4, -0.2) is 28.5 Å². The van der Waals surface area contributed by atoms with Crippen LogP contribution in [0.15, 0.2) is 39.2 Å². The maximum Gasteiger partial charge on any atom is 0.262 e. The maximum atomic E-state index is 12.8. The van der Waals surface area contributed by atoms with Crippen LogP contribution in [0.2, 0.25) is 5.02 Å². The Labute approximate surface area is 153 Å². The Hall–Kier alpha value is -0.820. The van der Waals surface area contributed by atoms with E-state index in [1.165, 1.54) is 11.8 Å². The van der Waals surface area contributed by atoms with E-state index in [4.69, 9.17) is 16.3 Å². The first-order valence-electron chi connectivity index (χ1n) is 7.27. The molecular formula is C16H18BrClN2O2S. The van der Waals surface area contributed by atoms with Gasteiger partial charge in [-0.25, -0.2) is 4.98 Å². The molecule has 0 radical (unpaired) electrons. The van der Waals surface area contributed by atoms with Crippen molar-refractivity contribution in [2.45, 2.75) is 25.0 Å². The average Bonchev–Trinajstić information content (AvgIpc) is 2.51. The van der Waals surface area contributed by atoms with Crippen molar-refractivity contribution in [2.75, 3.05) is 19.0 Å². The van der Waals surface area contributed by atoms with Gasteiger partial charge >= 0.3 is 0 Å². The van der Waals surface area contributed by atoms with Gasteiger partial charge in [-0.2, -0.15) is 0 Å². The molecule has 0 saturated carbocycles. The second-order valence-electron chi connectivity index (χ2n) is 4.87. The summed E-state index contributed by atoms with van der Waals surface area (Å²) in [5.74, 6) is 0.643. The van der Waals surface area contributed by atoms with E-state index in [1.54, 1.807) is 22.8 Å². The van der Waals surface area contributed by atoms with Crippen molar-refractivity contribution >= 4 is 50.2 Å². The first-order valence-corrected chi connectivity index (χ1v) is 9.42. The van der Waals surface area contributed by atoms with E-state index in [1.807, 2.05) is 6.92 Å². The van der Waals surface area contributed by atoms with Crippen LogP contribution in [0.1, 0.15) is 13.3 Å². The fraction of sp³-hybridized carbons (Fsp3) is 0.375. The number of nitrogens with zero attached hydrogens (tertiary/aromatic N) is 2. The van der Waals surface area contributed by atoms with Gasteiger partial charge in [0.2, 0.25) is 0 Å². The predicted molar refractivity (Wildman–Crippen MR) is 101 cm³/mol. The number of thioether (sulfide) groups is 1. The molecule has 0 atom stereocenters. The van der Waals surface area contributed by atoms with Gasteiger partial charge in [0.25, 0.3) is 5.56 Å². The van der Waals surface area contributed by atoms with E-state index in [2.05, 4.69) is 27.5 Å². The second kappa shape index (κ2) is 8.87. The summed E-state index contributed by atoms with van der Waals surface area (Å²) in [7, 11) is 0. The minimum atomic E-state index is -0.0501. The zero-order valence-electron chi connectivity index (χ0n) is 12.8. The number of halogens is 2. The molecule has 0 N–H and O–H groups in total. The Morgan fingerprint density at radius 3 is 3.00 bits per heavy atom. The highest BCUT2D eigenvalue weighted by Crippen LogP contribution is 2.23. The lowest BCUT2D eigenvalue weighted by Gasteiger charge is -2.13.